The topological polar surface area (TPSA) is 113 Å². The summed E-state index contributed by atoms with van der Waals surface area (Å²) in [6, 6.07) is 17.1. The molecular weight excluding hydrogens is 508 g/mol. The molecule has 0 saturated heterocycles. The second-order valence-corrected chi connectivity index (χ2v) is 9.01. The molecule has 4 aromatic rings. The number of nitrogens with zero attached hydrogens (tertiary/aromatic N) is 5. The van der Waals surface area contributed by atoms with Crippen LogP contribution in [0.2, 0.25) is 0 Å². The second kappa shape index (κ2) is 9.50. The van der Waals surface area contributed by atoms with Crippen LogP contribution in [0.5, 0.6) is 0 Å². The Morgan fingerprint density at radius 2 is 2.03 bits per heavy atom. The van der Waals surface area contributed by atoms with Crippen molar-refractivity contribution in [2.24, 2.45) is 5.73 Å². The van der Waals surface area contributed by atoms with Crippen LogP contribution in [0.15, 0.2) is 67.1 Å². The van der Waals surface area contributed by atoms with E-state index in [4.69, 9.17) is 11.0 Å². The number of nitrogens with two attached hydrogens (primary N) is 1. The number of amides is 1. The van der Waals surface area contributed by atoms with Crippen LogP contribution in [-0.2, 0) is 11.3 Å². The molecule has 0 saturated carbocycles. The summed E-state index contributed by atoms with van der Waals surface area (Å²) >= 11 is 3.25. The Balaban J connectivity index is 1.58. The first-order valence-corrected chi connectivity index (χ1v) is 12.2. The Morgan fingerprint density at radius 1 is 1.23 bits per heavy atom. The maximum Gasteiger partial charge on any atom is 0.237 e. The van der Waals surface area contributed by atoms with Crippen LogP contribution >= 0.6 is 15.9 Å². The fourth-order valence-electron chi connectivity index (χ4n) is 4.41. The van der Waals surface area contributed by atoms with Crippen molar-refractivity contribution in [3.63, 3.8) is 0 Å². The molecule has 5 rings (SSSR count). The van der Waals surface area contributed by atoms with Crippen molar-refractivity contribution in [2.45, 2.75) is 12.6 Å². The third kappa shape index (κ3) is 4.28. The SMILES string of the molecule is N#Cc1ccc(-c2cc3n(c2)Cc2cc(N(CC(N)CO)C(=O)CBr)ccc2-n2ccnc2-3)cc1. The van der Waals surface area contributed by atoms with E-state index in [2.05, 4.69) is 48.4 Å². The van der Waals surface area contributed by atoms with E-state index in [-0.39, 0.29) is 24.4 Å². The number of imidazole rings is 1. The van der Waals surface area contributed by atoms with Gasteiger partial charge in [0.1, 0.15) is 0 Å². The van der Waals surface area contributed by atoms with Crippen LogP contribution in [0, 0.1) is 11.3 Å². The number of alkyl halides is 1. The van der Waals surface area contributed by atoms with Gasteiger partial charge in [0.25, 0.3) is 0 Å². The van der Waals surface area contributed by atoms with Crippen molar-refractivity contribution in [1.82, 2.24) is 14.1 Å². The molecule has 0 radical (unpaired) electrons. The lowest BCUT2D eigenvalue weighted by atomic mass is 10.1. The predicted octanol–water partition coefficient (Wildman–Crippen LogP) is 3.29. The van der Waals surface area contributed by atoms with Crippen molar-refractivity contribution < 1.29 is 9.90 Å². The van der Waals surface area contributed by atoms with Gasteiger partial charge >= 0.3 is 0 Å². The van der Waals surface area contributed by atoms with Gasteiger partial charge in [-0.1, -0.05) is 28.1 Å². The van der Waals surface area contributed by atoms with Crippen molar-refractivity contribution >= 4 is 27.5 Å². The Labute approximate surface area is 211 Å². The molecule has 1 atom stereocenters. The number of aliphatic hydroxyl groups is 1. The summed E-state index contributed by atoms with van der Waals surface area (Å²) in [4.78, 5) is 18.9. The average Bonchev–Trinajstić information content (AvgIpc) is 3.51. The first-order valence-electron chi connectivity index (χ1n) is 11.1. The standard InChI is InChI=1S/C26H23BrN6O2/c27-11-25(35)33(15-21(29)16-34)22-5-6-23-20(9-22)14-31-13-19(18-3-1-17(12-28)2-4-18)10-24(31)26-30-7-8-32(23)26/h1-10,13,21,34H,11,14-16,29H2. The average molecular weight is 531 g/mol. The first kappa shape index (κ1) is 23.1. The number of anilines is 1. The molecule has 9 heteroatoms. The number of hydrogen-bond acceptors (Lipinski definition) is 5. The van der Waals surface area contributed by atoms with Crippen LogP contribution in [0.4, 0.5) is 5.69 Å². The number of halogens is 1. The molecule has 2 aromatic heterocycles. The van der Waals surface area contributed by atoms with Crippen LogP contribution in [-0.4, -0.2) is 49.7 Å². The highest BCUT2D eigenvalue weighted by Gasteiger charge is 2.24. The monoisotopic (exact) mass is 530 g/mol. The van der Waals surface area contributed by atoms with Gasteiger partial charge in [0.05, 0.1) is 35.0 Å². The smallest absolute Gasteiger partial charge is 0.237 e. The largest absolute Gasteiger partial charge is 0.395 e. The van der Waals surface area contributed by atoms with E-state index in [1.165, 1.54) is 0 Å². The highest BCUT2D eigenvalue weighted by Crippen LogP contribution is 2.35. The van der Waals surface area contributed by atoms with E-state index in [9.17, 15) is 9.90 Å². The van der Waals surface area contributed by atoms with Gasteiger partial charge in [0, 0.05) is 49.0 Å². The summed E-state index contributed by atoms with van der Waals surface area (Å²) in [5.41, 5.74) is 12.3. The third-order valence-corrected chi connectivity index (χ3v) is 6.64. The molecule has 0 spiro atoms. The molecule has 1 unspecified atom stereocenters. The number of fused-ring (bicyclic) bond motifs is 5. The Hall–Kier alpha value is -3.71. The summed E-state index contributed by atoms with van der Waals surface area (Å²) in [5, 5.41) is 18.7. The fraction of sp³-hybridized carbons (Fsp3) is 0.192. The third-order valence-electron chi connectivity index (χ3n) is 6.16. The maximum absolute atomic E-state index is 12.7. The quantitative estimate of drug-likeness (QED) is 0.327. The number of carbonyl (C=O) groups excluding carboxylic acids is 1. The van der Waals surface area contributed by atoms with Crippen molar-refractivity contribution in [1.29, 1.82) is 5.26 Å². The molecule has 176 valence electrons. The zero-order valence-electron chi connectivity index (χ0n) is 18.8. The van der Waals surface area contributed by atoms with Gasteiger partial charge < -0.3 is 20.3 Å². The number of nitriles is 1. The molecule has 0 bridgehead atoms. The number of benzene rings is 2. The van der Waals surface area contributed by atoms with Crippen LogP contribution < -0.4 is 10.6 Å². The molecule has 8 nitrogen and oxygen atoms in total. The van der Waals surface area contributed by atoms with Gasteiger partial charge in [-0.3, -0.25) is 9.36 Å². The van der Waals surface area contributed by atoms with E-state index in [0.717, 1.165) is 39.6 Å². The lowest BCUT2D eigenvalue weighted by Gasteiger charge is -2.26. The molecule has 0 fully saturated rings. The molecule has 1 aliphatic rings. The lowest BCUT2D eigenvalue weighted by Crippen LogP contribution is -2.43. The van der Waals surface area contributed by atoms with E-state index in [1.807, 2.05) is 48.7 Å². The number of hydrogen-bond donors (Lipinski definition) is 2. The van der Waals surface area contributed by atoms with Gasteiger partial charge in [0.15, 0.2) is 5.82 Å². The number of rotatable bonds is 6. The fourth-order valence-corrected chi connectivity index (χ4v) is 4.71. The zero-order valence-corrected chi connectivity index (χ0v) is 20.4. The molecule has 35 heavy (non-hydrogen) atoms. The van der Waals surface area contributed by atoms with Gasteiger partial charge in [-0.25, -0.2) is 4.98 Å². The normalized spacial score (nSPS) is 12.6. The molecule has 3 heterocycles. The molecule has 2 aromatic carbocycles. The van der Waals surface area contributed by atoms with E-state index >= 15 is 0 Å². The van der Waals surface area contributed by atoms with Crippen molar-refractivity contribution in [3.8, 4) is 34.4 Å². The van der Waals surface area contributed by atoms with Gasteiger partial charge in [0.2, 0.25) is 5.91 Å². The number of carbonyl (C=O) groups is 1. The minimum Gasteiger partial charge on any atom is -0.395 e. The number of aromatic nitrogens is 3. The van der Waals surface area contributed by atoms with Gasteiger partial charge in [-0.05, 0) is 47.5 Å². The van der Waals surface area contributed by atoms with E-state index in [0.29, 0.717) is 12.1 Å². The van der Waals surface area contributed by atoms with Crippen LogP contribution in [0.25, 0.3) is 28.3 Å². The van der Waals surface area contributed by atoms with Gasteiger partial charge in [-0.2, -0.15) is 5.26 Å². The highest BCUT2D eigenvalue weighted by molar-refractivity contribution is 9.09. The molecule has 3 N–H and O–H groups in total. The Kier molecular flexibility index (Phi) is 6.26. The van der Waals surface area contributed by atoms with E-state index < -0.39 is 6.04 Å². The summed E-state index contributed by atoms with van der Waals surface area (Å²) in [5.74, 6) is 0.697. The Bertz CT molecular complexity index is 1430. The highest BCUT2D eigenvalue weighted by atomic mass is 79.9. The summed E-state index contributed by atoms with van der Waals surface area (Å²) in [7, 11) is 0. The molecular formula is C26H23BrN6O2. The van der Waals surface area contributed by atoms with Crippen molar-refractivity contribution in [2.75, 3.05) is 23.4 Å². The van der Waals surface area contributed by atoms with Crippen LogP contribution in [0.3, 0.4) is 0 Å². The second-order valence-electron chi connectivity index (χ2n) is 8.45. The zero-order chi connectivity index (χ0) is 24.5. The first-order chi connectivity index (χ1) is 17.0. The minimum atomic E-state index is -0.539. The summed E-state index contributed by atoms with van der Waals surface area (Å²) < 4.78 is 4.20. The summed E-state index contributed by atoms with van der Waals surface area (Å²) in [6.45, 7) is 0.592. The lowest BCUT2D eigenvalue weighted by molar-refractivity contribution is -0.116. The summed E-state index contributed by atoms with van der Waals surface area (Å²) in [6.07, 6.45) is 5.79. The Morgan fingerprint density at radius 3 is 2.74 bits per heavy atom. The van der Waals surface area contributed by atoms with Gasteiger partial charge in [-0.15, -0.1) is 0 Å². The van der Waals surface area contributed by atoms with Crippen LogP contribution in [0.1, 0.15) is 11.1 Å². The molecule has 1 aliphatic heterocycles. The minimum absolute atomic E-state index is 0.129. The van der Waals surface area contributed by atoms with E-state index in [1.54, 1.807) is 11.1 Å². The molecule has 1 amide bonds. The maximum atomic E-state index is 12.7. The predicted molar refractivity (Wildman–Crippen MR) is 137 cm³/mol. The molecule has 0 aliphatic carbocycles. The number of aliphatic hydroxyl groups excluding tert-OH is 1. The van der Waals surface area contributed by atoms with Crippen molar-refractivity contribution in [3.05, 3.63) is 78.2 Å².